The zero-order chi connectivity index (χ0) is 25.8. The minimum atomic E-state index is -4.53. The normalized spacial score (nSPS) is 22.2. The summed E-state index contributed by atoms with van der Waals surface area (Å²) in [4.78, 5) is 21.0. The molecule has 10 nitrogen and oxygen atoms in total. The predicted octanol–water partition coefficient (Wildman–Crippen LogP) is 3.21. The second-order valence-corrected chi connectivity index (χ2v) is 10.8. The fraction of sp³-hybridized carbons (Fsp3) is 0.320. The molecule has 1 aliphatic carbocycles. The number of ether oxygens (including phenoxy) is 2. The lowest BCUT2D eigenvalue weighted by Gasteiger charge is -2.36. The average molecular weight is 514 g/mol. The number of hydrogen-bond acceptors (Lipinski definition) is 8. The van der Waals surface area contributed by atoms with E-state index in [4.69, 9.17) is 15.2 Å². The Morgan fingerprint density at radius 2 is 1.89 bits per heavy atom. The van der Waals surface area contributed by atoms with E-state index in [1.54, 1.807) is 30.3 Å². The van der Waals surface area contributed by atoms with Gasteiger partial charge >= 0.3 is 0 Å². The van der Waals surface area contributed by atoms with Gasteiger partial charge in [-0.2, -0.15) is 0 Å². The summed E-state index contributed by atoms with van der Waals surface area (Å²) in [6.45, 7) is 1.77. The standard InChI is InChI=1S/C25H27N3O7S/c26-24(29)21-8-4-5-13-25(21,35-19-6-2-1-3-7-19)36(32,33)20-9-10-22(23(16-20)28(30)31)27-17-18-11-14-34-15-12-18/h1-10,13,16,18,21,27H,11-12,14-15,17H2,(H2,26,29). The second kappa shape index (κ2) is 10.5. The van der Waals surface area contributed by atoms with E-state index >= 15 is 0 Å². The maximum atomic E-state index is 14.0. The van der Waals surface area contributed by atoms with Crippen LogP contribution in [0.1, 0.15) is 12.8 Å². The van der Waals surface area contributed by atoms with Crippen molar-refractivity contribution in [3.05, 3.63) is 82.9 Å². The topological polar surface area (TPSA) is 151 Å². The second-order valence-electron chi connectivity index (χ2n) is 8.64. The van der Waals surface area contributed by atoms with Crippen LogP contribution in [0, 0.1) is 22.0 Å². The number of allylic oxidation sites excluding steroid dienone is 2. The molecule has 11 heteroatoms. The average Bonchev–Trinajstić information content (AvgIpc) is 2.88. The highest BCUT2D eigenvalue weighted by atomic mass is 32.2. The van der Waals surface area contributed by atoms with Gasteiger partial charge in [-0.25, -0.2) is 8.42 Å². The summed E-state index contributed by atoms with van der Waals surface area (Å²) in [7, 11) is -4.53. The fourth-order valence-electron chi connectivity index (χ4n) is 4.35. The SMILES string of the molecule is NC(=O)C1C=CC=CC1(Oc1ccccc1)S(=O)(=O)c1ccc(NCC2CCOCC2)c([N+](=O)[O-])c1. The number of primary amides is 1. The van der Waals surface area contributed by atoms with E-state index in [1.165, 1.54) is 36.4 Å². The van der Waals surface area contributed by atoms with Gasteiger partial charge in [0, 0.05) is 25.8 Å². The first-order valence-corrected chi connectivity index (χ1v) is 13.0. The lowest BCUT2D eigenvalue weighted by atomic mass is 9.96. The molecule has 0 saturated carbocycles. The quantitative estimate of drug-likeness (QED) is 0.383. The number of nitrogens with one attached hydrogen (secondary N) is 1. The number of carbonyl (C=O) groups excluding carboxylic acids is 1. The molecule has 190 valence electrons. The smallest absolute Gasteiger partial charge is 0.293 e. The Balaban J connectivity index is 1.74. The third kappa shape index (κ3) is 4.98. The van der Waals surface area contributed by atoms with Gasteiger partial charge in [-0.1, -0.05) is 36.4 Å². The lowest BCUT2D eigenvalue weighted by molar-refractivity contribution is -0.384. The Kier molecular flexibility index (Phi) is 7.41. The molecule has 2 aliphatic rings. The molecule has 0 radical (unpaired) electrons. The van der Waals surface area contributed by atoms with Gasteiger partial charge in [-0.05, 0) is 49.1 Å². The van der Waals surface area contributed by atoms with Crippen LogP contribution >= 0.6 is 0 Å². The van der Waals surface area contributed by atoms with Crippen LogP contribution in [0.25, 0.3) is 0 Å². The van der Waals surface area contributed by atoms with Crippen LogP contribution in [0.4, 0.5) is 11.4 Å². The molecule has 2 aromatic carbocycles. The molecule has 2 aromatic rings. The molecule has 36 heavy (non-hydrogen) atoms. The van der Waals surface area contributed by atoms with Crippen LogP contribution < -0.4 is 15.8 Å². The van der Waals surface area contributed by atoms with Gasteiger partial charge < -0.3 is 20.5 Å². The third-order valence-electron chi connectivity index (χ3n) is 6.32. The summed E-state index contributed by atoms with van der Waals surface area (Å²) in [5, 5.41) is 15.0. The predicted molar refractivity (Wildman–Crippen MR) is 133 cm³/mol. The molecule has 0 aromatic heterocycles. The number of nitro benzene ring substituents is 1. The van der Waals surface area contributed by atoms with Gasteiger partial charge in [0.2, 0.25) is 20.7 Å². The first-order chi connectivity index (χ1) is 17.2. The molecule has 1 aliphatic heterocycles. The van der Waals surface area contributed by atoms with Crippen LogP contribution in [0.3, 0.4) is 0 Å². The minimum absolute atomic E-state index is 0.191. The monoisotopic (exact) mass is 513 g/mol. The number of para-hydroxylation sites is 1. The Morgan fingerprint density at radius 3 is 2.56 bits per heavy atom. The van der Waals surface area contributed by atoms with E-state index in [0.29, 0.717) is 25.7 Å². The number of amides is 1. The lowest BCUT2D eigenvalue weighted by Crippen LogP contribution is -2.53. The molecular weight excluding hydrogens is 486 g/mol. The highest BCUT2D eigenvalue weighted by Crippen LogP contribution is 2.41. The molecule has 2 atom stereocenters. The summed E-state index contributed by atoms with van der Waals surface area (Å²) >= 11 is 0. The van der Waals surface area contributed by atoms with E-state index < -0.39 is 37.2 Å². The van der Waals surface area contributed by atoms with Gasteiger partial charge in [-0.3, -0.25) is 14.9 Å². The summed E-state index contributed by atoms with van der Waals surface area (Å²) in [6.07, 6.45) is 7.21. The maximum Gasteiger partial charge on any atom is 0.293 e. The number of nitro groups is 1. The van der Waals surface area contributed by atoms with E-state index in [-0.39, 0.29) is 16.3 Å². The minimum Gasteiger partial charge on any atom is -0.466 e. The number of carbonyl (C=O) groups is 1. The van der Waals surface area contributed by atoms with Crippen molar-refractivity contribution in [3.63, 3.8) is 0 Å². The Labute approximate surface area is 208 Å². The van der Waals surface area contributed by atoms with Crippen LogP contribution in [0.2, 0.25) is 0 Å². The summed E-state index contributed by atoms with van der Waals surface area (Å²) in [5.74, 6) is -1.81. The van der Waals surface area contributed by atoms with Crippen LogP contribution in [-0.2, 0) is 19.4 Å². The Hall–Kier alpha value is -3.70. The highest BCUT2D eigenvalue weighted by molar-refractivity contribution is 7.93. The Morgan fingerprint density at radius 1 is 1.17 bits per heavy atom. The van der Waals surface area contributed by atoms with Gasteiger partial charge in [0.1, 0.15) is 17.4 Å². The highest BCUT2D eigenvalue weighted by Gasteiger charge is 2.54. The van der Waals surface area contributed by atoms with Gasteiger partial charge in [-0.15, -0.1) is 0 Å². The molecule has 2 unspecified atom stereocenters. The van der Waals surface area contributed by atoms with E-state index in [2.05, 4.69) is 5.32 Å². The number of anilines is 1. The van der Waals surface area contributed by atoms with Gasteiger partial charge in [0.15, 0.2) is 0 Å². The van der Waals surface area contributed by atoms with Crippen molar-refractivity contribution in [2.75, 3.05) is 25.1 Å². The van der Waals surface area contributed by atoms with Gasteiger partial charge in [0.05, 0.1) is 9.82 Å². The molecule has 3 N–H and O–H groups in total. The Bertz CT molecular complexity index is 1290. The molecule has 1 heterocycles. The molecule has 0 bridgehead atoms. The van der Waals surface area contributed by atoms with Crippen LogP contribution in [0.5, 0.6) is 5.75 Å². The van der Waals surface area contributed by atoms with Crippen molar-refractivity contribution in [1.82, 2.24) is 0 Å². The number of nitrogens with zero attached hydrogens (tertiary/aromatic N) is 1. The molecule has 0 spiro atoms. The van der Waals surface area contributed by atoms with Crippen molar-refractivity contribution < 1.29 is 27.6 Å². The summed E-state index contributed by atoms with van der Waals surface area (Å²) < 4.78 is 39.4. The van der Waals surface area contributed by atoms with Crippen LogP contribution in [0.15, 0.2) is 77.7 Å². The van der Waals surface area contributed by atoms with Crippen molar-refractivity contribution in [2.24, 2.45) is 17.6 Å². The van der Waals surface area contributed by atoms with Gasteiger partial charge in [0.25, 0.3) is 5.69 Å². The summed E-state index contributed by atoms with van der Waals surface area (Å²) in [6, 6.07) is 11.8. The largest absolute Gasteiger partial charge is 0.466 e. The molecule has 1 amide bonds. The number of benzene rings is 2. The zero-order valence-corrected chi connectivity index (χ0v) is 20.2. The van der Waals surface area contributed by atoms with E-state index in [9.17, 15) is 23.3 Å². The number of nitrogens with two attached hydrogens (primary N) is 1. The molecule has 4 rings (SSSR count). The van der Waals surface area contributed by atoms with Crippen molar-refractivity contribution in [3.8, 4) is 5.75 Å². The van der Waals surface area contributed by atoms with E-state index in [1.807, 2.05) is 0 Å². The first-order valence-electron chi connectivity index (χ1n) is 11.5. The number of hydrogen-bond donors (Lipinski definition) is 2. The number of rotatable bonds is 9. The van der Waals surface area contributed by atoms with Crippen molar-refractivity contribution >= 4 is 27.1 Å². The number of sulfone groups is 1. The summed E-state index contributed by atoms with van der Waals surface area (Å²) in [5.41, 5.74) is 5.39. The molecule has 1 saturated heterocycles. The first kappa shape index (κ1) is 25.4. The third-order valence-corrected chi connectivity index (χ3v) is 8.51. The fourth-order valence-corrected chi connectivity index (χ4v) is 6.22. The molecule has 1 fully saturated rings. The van der Waals surface area contributed by atoms with Crippen molar-refractivity contribution in [2.45, 2.75) is 22.7 Å². The molecular formula is C25H27N3O7S. The maximum absolute atomic E-state index is 14.0. The zero-order valence-electron chi connectivity index (χ0n) is 19.4. The van der Waals surface area contributed by atoms with Crippen LogP contribution in [-0.4, -0.2) is 43.9 Å². The van der Waals surface area contributed by atoms with Crippen molar-refractivity contribution in [1.29, 1.82) is 0 Å². The van der Waals surface area contributed by atoms with E-state index in [0.717, 1.165) is 18.9 Å².